The molecule has 0 spiro atoms. The van der Waals surface area contributed by atoms with E-state index < -0.39 is 0 Å². The smallest absolute Gasteiger partial charge is 0.225 e. The number of ether oxygens (including phenoxy) is 2. The third-order valence-corrected chi connectivity index (χ3v) is 2.57. The van der Waals surface area contributed by atoms with Gasteiger partial charge in [0.25, 0.3) is 0 Å². The minimum Gasteiger partial charge on any atom is -0.481 e. The van der Waals surface area contributed by atoms with Gasteiger partial charge >= 0.3 is 0 Å². The summed E-state index contributed by atoms with van der Waals surface area (Å²) < 4.78 is 10.5. The van der Waals surface area contributed by atoms with E-state index in [4.69, 9.17) is 15.2 Å². The first-order valence-corrected chi connectivity index (χ1v) is 6.09. The number of hydrogen-bond donors (Lipinski definition) is 2. The molecule has 1 aromatic rings. The summed E-state index contributed by atoms with van der Waals surface area (Å²) in [6, 6.07) is 1.89. The van der Waals surface area contributed by atoms with Crippen LogP contribution in [0.3, 0.4) is 0 Å². The highest BCUT2D eigenvalue weighted by Crippen LogP contribution is 2.17. The Morgan fingerprint density at radius 3 is 2.67 bits per heavy atom. The SMILES string of the molecule is CCOCC(Nc1cc(OC)nc(N)n1)C(C)C. The minimum atomic E-state index is 0.170. The van der Waals surface area contributed by atoms with E-state index in [1.165, 1.54) is 0 Å². The summed E-state index contributed by atoms with van der Waals surface area (Å²) in [5.74, 6) is 1.70. The van der Waals surface area contributed by atoms with E-state index in [0.717, 1.165) is 0 Å². The van der Waals surface area contributed by atoms with Crippen molar-refractivity contribution in [1.29, 1.82) is 0 Å². The van der Waals surface area contributed by atoms with E-state index >= 15 is 0 Å². The van der Waals surface area contributed by atoms with Crippen LogP contribution in [0.5, 0.6) is 5.88 Å². The normalized spacial score (nSPS) is 12.5. The van der Waals surface area contributed by atoms with Crippen LogP contribution in [-0.4, -0.2) is 36.3 Å². The average Bonchev–Trinajstić information content (AvgIpc) is 2.33. The lowest BCUT2D eigenvalue weighted by Crippen LogP contribution is -2.31. The molecule has 1 aromatic heterocycles. The maximum absolute atomic E-state index is 5.61. The standard InChI is InChI=1S/C12H22N4O2/c1-5-18-7-9(8(2)3)14-10-6-11(17-4)16-12(13)15-10/h6,8-9H,5,7H2,1-4H3,(H3,13,14,15,16). The molecule has 18 heavy (non-hydrogen) atoms. The molecule has 0 aromatic carbocycles. The summed E-state index contributed by atoms with van der Waals surface area (Å²) in [7, 11) is 1.55. The van der Waals surface area contributed by atoms with Gasteiger partial charge in [0.05, 0.1) is 19.8 Å². The van der Waals surface area contributed by atoms with Gasteiger partial charge in [-0.25, -0.2) is 0 Å². The number of nitrogen functional groups attached to an aromatic ring is 1. The zero-order valence-electron chi connectivity index (χ0n) is 11.4. The Hall–Kier alpha value is -1.56. The first-order valence-electron chi connectivity index (χ1n) is 6.09. The minimum absolute atomic E-state index is 0.170. The fourth-order valence-corrected chi connectivity index (χ4v) is 1.46. The Kier molecular flexibility index (Phi) is 5.64. The molecule has 1 unspecified atom stereocenters. The Labute approximate surface area is 108 Å². The van der Waals surface area contributed by atoms with Crippen LogP contribution < -0.4 is 15.8 Å². The molecule has 0 aliphatic heterocycles. The second kappa shape index (κ2) is 7.00. The Morgan fingerprint density at radius 2 is 2.11 bits per heavy atom. The first-order chi connectivity index (χ1) is 8.56. The quantitative estimate of drug-likeness (QED) is 0.768. The maximum Gasteiger partial charge on any atom is 0.225 e. The summed E-state index contributed by atoms with van der Waals surface area (Å²) in [4.78, 5) is 8.07. The van der Waals surface area contributed by atoms with E-state index in [0.29, 0.717) is 30.8 Å². The largest absolute Gasteiger partial charge is 0.481 e. The van der Waals surface area contributed by atoms with Crippen molar-refractivity contribution in [2.45, 2.75) is 26.8 Å². The molecule has 0 saturated carbocycles. The van der Waals surface area contributed by atoms with Crippen molar-refractivity contribution in [2.24, 2.45) is 5.92 Å². The fraction of sp³-hybridized carbons (Fsp3) is 0.667. The molecule has 0 fully saturated rings. The van der Waals surface area contributed by atoms with Crippen LogP contribution in [-0.2, 0) is 4.74 Å². The molecule has 1 rings (SSSR count). The van der Waals surface area contributed by atoms with Gasteiger partial charge in [0, 0.05) is 12.7 Å². The number of nitrogens with two attached hydrogens (primary N) is 1. The van der Waals surface area contributed by atoms with E-state index in [9.17, 15) is 0 Å². The monoisotopic (exact) mass is 254 g/mol. The third-order valence-electron chi connectivity index (χ3n) is 2.57. The molecule has 6 nitrogen and oxygen atoms in total. The lowest BCUT2D eigenvalue weighted by Gasteiger charge is -2.22. The number of aromatic nitrogens is 2. The summed E-state index contributed by atoms with van der Waals surface area (Å²) >= 11 is 0. The van der Waals surface area contributed by atoms with Gasteiger partial charge in [-0.1, -0.05) is 13.8 Å². The molecule has 0 aliphatic carbocycles. The molecule has 1 heterocycles. The van der Waals surface area contributed by atoms with Crippen molar-refractivity contribution in [1.82, 2.24) is 9.97 Å². The molecule has 6 heteroatoms. The Morgan fingerprint density at radius 1 is 1.39 bits per heavy atom. The lowest BCUT2D eigenvalue weighted by atomic mass is 10.1. The van der Waals surface area contributed by atoms with Gasteiger partial charge in [0.1, 0.15) is 5.82 Å². The second-order valence-corrected chi connectivity index (χ2v) is 4.31. The number of methoxy groups -OCH3 is 1. The van der Waals surface area contributed by atoms with Gasteiger partial charge in [-0.05, 0) is 12.8 Å². The van der Waals surface area contributed by atoms with Crippen molar-refractivity contribution in [3.63, 3.8) is 0 Å². The molecule has 0 saturated heterocycles. The average molecular weight is 254 g/mol. The van der Waals surface area contributed by atoms with Crippen molar-refractivity contribution < 1.29 is 9.47 Å². The van der Waals surface area contributed by atoms with Crippen LogP contribution in [0, 0.1) is 5.92 Å². The van der Waals surface area contributed by atoms with Crippen LogP contribution in [0.15, 0.2) is 6.07 Å². The van der Waals surface area contributed by atoms with Gasteiger partial charge in [0.15, 0.2) is 0 Å². The van der Waals surface area contributed by atoms with E-state index in [2.05, 4.69) is 29.1 Å². The summed E-state index contributed by atoms with van der Waals surface area (Å²) in [6.07, 6.45) is 0. The Balaban J connectivity index is 2.76. The highest BCUT2D eigenvalue weighted by molar-refractivity contribution is 5.43. The number of anilines is 2. The van der Waals surface area contributed by atoms with Gasteiger partial charge in [-0.15, -0.1) is 0 Å². The number of rotatable bonds is 7. The molecule has 102 valence electrons. The van der Waals surface area contributed by atoms with Crippen molar-refractivity contribution in [3.05, 3.63) is 6.07 Å². The summed E-state index contributed by atoms with van der Waals surface area (Å²) in [6.45, 7) is 7.54. The van der Waals surface area contributed by atoms with Crippen LogP contribution in [0.25, 0.3) is 0 Å². The lowest BCUT2D eigenvalue weighted by molar-refractivity contribution is 0.126. The molecule has 1 atom stereocenters. The van der Waals surface area contributed by atoms with Crippen molar-refractivity contribution in [3.8, 4) is 5.88 Å². The Bertz CT molecular complexity index is 371. The van der Waals surface area contributed by atoms with Gasteiger partial charge in [0.2, 0.25) is 11.8 Å². The molecular formula is C12H22N4O2. The topological polar surface area (TPSA) is 82.3 Å². The van der Waals surface area contributed by atoms with E-state index in [1.807, 2.05) is 6.92 Å². The molecule has 0 aliphatic rings. The molecule has 0 bridgehead atoms. The third kappa shape index (κ3) is 4.37. The number of nitrogens with zero attached hydrogens (tertiary/aromatic N) is 2. The summed E-state index contributed by atoms with van der Waals surface area (Å²) in [5, 5.41) is 3.29. The first kappa shape index (κ1) is 14.5. The molecule has 0 radical (unpaired) electrons. The zero-order valence-corrected chi connectivity index (χ0v) is 11.4. The molecular weight excluding hydrogens is 232 g/mol. The number of hydrogen-bond acceptors (Lipinski definition) is 6. The maximum atomic E-state index is 5.61. The highest BCUT2D eigenvalue weighted by Gasteiger charge is 2.14. The molecule has 3 N–H and O–H groups in total. The van der Waals surface area contributed by atoms with Crippen LogP contribution in [0.2, 0.25) is 0 Å². The molecule has 0 amide bonds. The van der Waals surface area contributed by atoms with Gasteiger partial charge in [-0.3, -0.25) is 0 Å². The fourth-order valence-electron chi connectivity index (χ4n) is 1.46. The van der Waals surface area contributed by atoms with Crippen LogP contribution >= 0.6 is 0 Å². The van der Waals surface area contributed by atoms with Gasteiger partial charge in [-0.2, -0.15) is 9.97 Å². The predicted molar refractivity (Wildman–Crippen MR) is 71.7 cm³/mol. The number of nitrogens with one attached hydrogen (secondary N) is 1. The second-order valence-electron chi connectivity index (χ2n) is 4.31. The predicted octanol–water partition coefficient (Wildman–Crippen LogP) is 1.54. The van der Waals surface area contributed by atoms with Crippen molar-refractivity contribution >= 4 is 11.8 Å². The zero-order chi connectivity index (χ0) is 13.5. The van der Waals surface area contributed by atoms with Crippen LogP contribution in [0.1, 0.15) is 20.8 Å². The van der Waals surface area contributed by atoms with Gasteiger partial charge < -0.3 is 20.5 Å². The summed E-state index contributed by atoms with van der Waals surface area (Å²) in [5.41, 5.74) is 5.61. The van der Waals surface area contributed by atoms with Crippen LogP contribution in [0.4, 0.5) is 11.8 Å². The van der Waals surface area contributed by atoms with E-state index in [-0.39, 0.29) is 12.0 Å². The highest BCUT2D eigenvalue weighted by atomic mass is 16.5. The van der Waals surface area contributed by atoms with E-state index in [1.54, 1.807) is 13.2 Å². The van der Waals surface area contributed by atoms with Crippen molar-refractivity contribution in [2.75, 3.05) is 31.4 Å².